The number of rotatable bonds is 2. The van der Waals surface area contributed by atoms with Crippen molar-refractivity contribution in [2.24, 2.45) is 10.7 Å². The quantitative estimate of drug-likeness (QED) is 0.637. The molecular weight excluding hydrogens is 238 g/mol. The van der Waals surface area contributed by atoms with Gasteiger partial charge in [0, 0.05) is 5.56 Å². The molecule has 0 aromatic heterocycles. The van der Waals surface area contributed by atoms with Crippen LogP contribution in [0.2, 0.25) is 0 Å². The Kier molecular flexibility index (Phi) is 3.06. The molecule has 4 heteroatoms. The zero-order valence-corrected chi connectivity index (χ0v) is 10.4. The number of anilines is 1. The van der Waals surface area contributed by atoms with Crippen LogP contribution >= 0.6 is 0 Å². The SMILES string of the molecule is NC(=NC1CNc2ccccc2O1)c1ccccc1. The Hall–Kier alpha value is -2.49. The Morgan fingerprint density at radius 3 is 2.68 bits per heavy atom. The minimum absolute atomic E-state index is 0.296. The lowest BCUT2D eigenvalue weighted by Crippen LogP contribution is -2.31. The van der Waals surface area contributed by atoms with Crippen molar-refractivity contribution in [3.8, 4) is 5.75 Å². The van der Waals surface area contributed by atoms with E-state index in [0.717, 1.165) is 17.0 Å². The molecule has 0 spiro atoms. The lowest BCUT2D eigenvalue weighted by atomic mass is 10.2. The van der Waals surface area contributed by atoms with Gasteiger partial charge >= 0.3 is 0 Å². The Bertz CT molecular complexity index is 595. The summed E-state index contributed by atoms with van der Waals surface area (Å²) >= 11 is 0. The van der Waals surface area contributed by atoms with Crippen LogP contribution in [0, 0.1) is 0 Å². The third kappa shape index (κ3) is 2.52. The average Bonchev–Trinajstić information content (AvgIpc) is 2.48. The van der Waals surface area contributed by atoms with Gasteiger partial charge in [0.25, 0.3) is 0 Å². The molecule has 1 unspecified atom stereocenters. The van der Waals surface area contributed by atoms with Crippen LogP contribution in [0.3, 0.4) is 0 Å². The molecule has 0 aliphatic carbocycles. The van der Waals surface area contributed by atoms with E-state index >= 15 is 0 Å². The molecule has 1 heterocycles. The van der Waals surface area contributed by atoms with Crippen molar-refractivity contribution in [1.82, 2.24) is 0 Å². The van der Waals surface area contributed by atoms with E-state index in [2.05, 4.69) is 10.3 Å². The minimum atomic E-state index is -0.296. The van der Waals surface area contributed by atoms with Gasteiger partial charge in [-0.3, -0.25) is 0 Å². The van der Waals surface area contributed by atoms with E-state index in [-0.39, 0.29) is 6.23 Å². The second-order valence-electron chi connectivity index (χ2n) is 4.33. The van der Waals surface area contributed by atoms with E-state index < -0.39 is 0 Å². The minimum Gasteiger partial charge on any atom is -0.465 e. The predicted octanol–water partition coefficient (Wildman–Crippen LogP) is 2.22. The summed E-state index contributed by atoms with van der Waals surface area (Å²) < 4.78 is 5.79. The number of nitrogens with one attached hydrogen (secondary N) is 1. The third-order valence-electron chi connectivity index (χ3n) is 2.97. The Morgan fingerprint density at radius 1 is 1.11 bits per heavy atom. The van der Waals surface area contributed by atoms with Crippen LogP contribution in [-0.2, 0) is 0 Å². The zero-order chi connectivity index (χ0) is 13.1. The molecule has 96 valence electrons. The molecule has 0 fully saturated rings. The largest absolute Gasteiger partial charge is 0.465 e. The third-order valence-corrected chi connectivity index (χ3v) is 2.97. The van der Waals surface area contributed by atoms with Crippen LogP contribution in [0.25, 0.3) is 0 Å². The number of nitrogens with zero attached hydrogens (tertiary/aromatic N) is 1. The number of hydrogen-bond donors (Lipinski definition) is 2. The first-order valence-corrected chi connectivity index (χ1v) is 6.21. The lowest BCUT2D eigenvalue weighted by molar-refractivity contribution is 0.216. The number of hydrogen-bond acceptors (Lipinski definition) is 3. The van der Waals surface area contributed by atoms with Crippen molar-refractivity contribution < 1.29 is 4.74 Å². The maximum absolute atomic E-state index is 5.99. The summed E-state index contributed by atoms with van der Waals surface area (Å²) in [7, 11) is 0. The number of para-hydroxylation sites is 2. The van der Waals surface area contributed by atoms with Gasteiger partial charge in [-0.25, -0.2) is 4.99 Å². The molecule has 19 heavy (non-hydrogen) atoms. The van der Waals surface area contributed by atoms with Gasteiger partial charge in [0.2, 0.25) is 6.23 Å². The fraction of sp³-hybridized carbons (Fsp3) is 0.133. The summed E-state index contributed by atoms with van der Waals surface area (Å²) in [5.74, 6) is 1.30. The summed E-state index contributed by atoms with van der Waals surface area (Å²) in [6.07, 6.45) is -0.296. The van der Waals surface area contributed by atoms with Crippen molar-refractivity contribution in [2.45, 2.75) is 6.23 Å². The van der Waals surface area contributed by atoms with Gasteiger partial charge in [-0.05, 0) is 12.1 Å². The van der Waals surface area contributed by atoms with Gasteiger partial charge in [0.05, 0.1) is 12.2 Å². The molecule has 2 aromatic rings. The molecule has 0 saturated carbocycles. The topological polar surface area (TPSA) is 59.6 Å². The Morgan fingerprint density at radius 2 is 1.84 bits per heavy atom. The molecule has 1 aliphatic rings. The van der Waals surface area contributed by atoms with Crippen LogP contribution in [-0.4, -0.2) is 18.6 Å². The first-order chi connectivity index (χ1) is 9.33. The second kappa shape index (κ2) is 5.02. The molecule has 0 radical (unpaired) electrons. The van der Waals surface area contributed by atoms with Crippen molar-refractivity contribution in [2.75, 3.05) is 11.9 Å². The average molecular weight is 253 g/mol. The zero-order valence-electron chi connectivity index (χ0n) is 10.4. The smallest absolute Gasteiger partial charge is 0.209 e. The maximum Gasteiger partial charge on any atom is 0.209 e. The van der Waals surface area contributed by atoms with Crippen molar-refractivity contribution in [1.29, 1.82) is 0 Å². The molecule has 1 aliphatic heterocycles. The molecule has 0 saturated heterocycles. The first-order valence-electron chi connectivity index (χ1n) is 6.21. The van der Waals surface area contributed by atoms with E-state index in [0.29, 0.717) is 12.4 Å². The standard InChI is InChI=1S/C15H15N3O/c16-15(11-6-2-1-3-7-11)18-14-10-17-12-8-4-5-9-13(12)19-14/h1-9,14,17H,10H2,(H2,16,18). The van der Waals surface area contributed by atoms with Gasteiger partial charge in [-0.2, -0.15) is 0 Å². The number of ether oxygens (including phenoxy) is 1. The number of nitrogens with two attached hydrogens (primary N) is 1. The molecular formula is C15H15N3O. The molecule has 3 N–H and O–H groups in total. The summed E-state index contributed by atoms with van der Waals surface area (Å²) in [5.41, 5.74) is 7.89. The highest BCUT2D eigenvalue weighted by Crippen LogP contribution is 2.28. The number of fused-ring (bicyclic) bond motifs is 1. The van der Waals surface area contributed by atoms with E-state index in [4.69, 9.17) is 10.5 Å². The summed E-state index contributed by atoms with van der Waals surface area (Å²) in [6.45, 7) is 0.616. The highest BCUT2D eigenvalue weighted by molar-refractivity contribution is 5.97. The second-order valence-corrected chi connectivity index (χ2v) is 4.33. The molecule has 4 nitrogen and oxygen atoms in total. The summed E-state index contributed by atoms with van der Waals surface area (Å²) in [6, 6.07) is 17.5. The molecule has 3 rings (SSSR count). The monoisotopic (exact) mass is 253 g/mol. The molecule has 0 bridgehead atoms. The van der Waals surface area contributed by atoms with Crippen LogP contribution in [0.4, 0.5) is 5.69 Å². The van der Waals surface area contributed by atoms with E-state index in [1.165, 1.54) is 0 Å². The summed E-state index contributed by atoms with van der Waals surface area (Å²) in [5, 5.41) is 3.28. The van der Waals surface area contributed by atoms with Gasteiger partial charge in [0.1, 0.15) is 11.6 Å². The fourth-order valence-electron chi connectivity index (χ4n) is 2.01. The normalized spacial score (nSPS) is 18.1. The number of amidine groups is 1. The number of benzene rings is 2. The number of aliphatic imine (C=N–C) groups is 1. The first kappa shape index (κ1) is 11.6. The highest BCUT2D eigenvalue weighted by atomic mass is 16.5. The fourth-order valence-corrected chi connectivity index (χ4v) is 2.01. The van der Waals surface area contributed by atoms with Gasteiger partial charge in [-0.15, -0.1) is 0 Å². The predicted molar refractivity (Wildman–Crippen MR) is 76.5 cm³/mol. The molecule has 1 atom stereocenters. The van der Waals surface area contributed by atoms with Gasteiger partial charge in [-0.1, -0.05) is 42.5 Å². The van der Waals surface area contributed by atoms with Crippen molar-refractivity contribution >= 4 is 11.5 Å². The maximum atomic E-state index is 5.99. The van der Waals surface area contributed by atoms with E-state index in [9.17, 15) is 0 Å². The van der Waals surface area contributed by atoms with E-state index in [1.54, 1.807) is 0 Å². The van der Waals surface area contributed by atoms with Crippen LogP contribution < -0.4 is 15.8 Å². The van der Waals surface area contributed by atoms with Gasteiger partial charge < -0.3 is 15.8 Å². The molecule has 0 amide bonds. The molecule has 2 aromatic carbocycles. The van der Waals surface area contributed by atoms with Crippen molar-refractivity contribution in [3.63, 3.8) is 0 Å². The van der Waals surface area contributed by atoms with Crippen molar-refractivity contribution in [3.05, 3.63) is 60.2 Å². The summed E-state index contributed by atoms with van der Waals surface area (Å²) in [4.78, 5) is 4.41. The Labute approximate surface area is 111 Å². The highest BCUT2D eigenvalue weighted by Gasteiger charge is 2.18. The van der Waals surface area contributed by atoms with Crippen LogP contribution in [0.15, 0.2) is 59.6 Å². The van der Waals surface area contributed by atoms with Crippen LogP contribution in [0.5, 0.6) is 5.75 Å². The van der Waals surface area contributed by atoms with Gasteiger partial charge in [0.15, 0.2) is 0 Å². The van der Waals surface area contributed by atoms with E-state index in [1.807, 2.05) is 54.6 Å². The lowest BCUT2D eigenvalue weighted by Gasteiger charge is -2.24. The van der Waals surface area contributed by atoms with Crippen LogP contribution in [0.1, 0.15) is 5.56 Å². The Balaban J connectivity index is 1.79.